The SMILES string of the molecule is COc1ccccc1CCC(=O)N1CCC[C@@H](c2ncc3c(n2)CCNC3)C1. The number of carbonyl (C=O) groups excluding carboxylic acids is 1. The maximum absolute atomic E-state index is 12.8. The van der Waals surface area contributed by atoms with E-state index in [9.17, 15) is 4.79 Å². The molecular weight excluding hydrogens is 352 g/mol. The summed E-state index contributed by atoms with van der Waals surface area (Å²) in [5, 5.41) is 3.36. The van der Waals surface area contributed by atoms with Gasteiger partial charge in [-0.05, 0) is 30.9 Å². The van der Waals surface area contributed by atoms with Crippen LogP contribution >= 0.6 is 0 Å². The normalized spacial score (nSPS) is 19.2. The molecule has 0 radical (unpaired) electrons. The molecular formula is C22H28N4O2. The van der Waals surface area contributed by atoms with Gasteiger partial charge in [-0.15, -0.1) is 0 Å². The number of rotatable bonds is 5. The zero-order chi connectivity index (χ0) is 19.3. The van der Waals surface area contributed by atoms with Crippen LogP contribution in [0.25, 0.3) is 0 Å². The summed E-state index contributed by atoms with van der Waals surface area (Å²) in [6.45, 7) is 3.38. The predicted octanol–water partition coefficient (Wildman–Crippen LogP) is 2.47. The Hall–Kier alpha value is -2.47. The molecule has 0 bridgehead atoms. The van der Waals surface area contributed by atoms with E-state index in [1.54, 1.807) is 7.11 Å². The molecule has 2 aliphatic rings. The van der Waals surface area contributed by atoms with Gasteiger partial charge in [-0.3, -0.25) is 4.79 Å². The number of ether oxygens (including phenoxy) is 1. The fraction of sp³-hybridized carbons (Fsp3) is 0.500. The number of hydrogen-bond acceptors (Lipinski definition) is 5. The van der Waals surface area contributed by atoms with Gasteiger partial charge in [0.05, 0.1) is 7.11 Å². The molecule has 6 nitrogen and oxygen atoms in total. The molecule has 0 aliphatic carbocycles. The van der Waals surface area contributed by atoms with Crippen LogP contribution in [-0.2, 0) is 24.2 Å². The van der Waals surface area contributed by atoms with Crippen molar-refractivity contribution in [2.75, 3.05) is 26.7 Å². The Morgan fingerprint density at radius 3 is 3.14 bits per heavy atom. The summed E-state index contributed by atoms with van der Waals surface area (Å²) in [6, 6.07) is 7.91. The fourth-order valence-electron chi connectivity index (χ4n) is 4.17. The molecule has 1 N–H and O–H groups in total. The number of amides is 1. The van der Waals surface area contributed by atoms with Gasteiger partial charge in [0, 0.05) is 62.4 Å². The topological polar surface area (TPSA) is 67.3 Å². The van der Waals surface area contributed by atoms with Gasteiger partial charge in [0.15, 0.2) is 0 Å². The van der Waals surface area contributed by atoms with Crippen molar-refractivity contribution < 1.29 is 9.53 Å². The van der Waals surface area contributed by atoms with Crippen molar-refractivity contribution in [2.45, 2.75) is 44.6 Å². The summed E-state index contributed by atoms with van der Waals surface area (Å²) in [6.07, 6.45) is 6.18. The van der Waals surface area contributed by atoms with Crippen LogP contribution in [0.3, 0.4) is 0 Å². The third-order valence-electron chi connectivity index (χ3n) is 5.77. The Morgan fingerprint density at radius 1 is 1.36 bits per heavy atom. The molecule has 1 fully saturated rings. The van der Waals surface area contributed by atoms with E-state index in [1.165, 1.54) is 11.3 Å². The lowest BCUT2D eigenvalue weighted by atomic mass is 9.96. The van der Waals surface area contributed by atoms with Crippen LogP contribution in [0, 0.1) is 0 Å². The van der Waals surface area contributed by atoms with Crippen molar-refractivity contribution in [1.82, 2.24) is 20.2 Å². The molecule has 2 aliphatic heterocycles. The molecule has 1 aromatic heterocycles. The number of nitrogens with zero attached hydrogens (tertiary/aromatic N) is 3. The number of aromatic nitrogens is 2. The lowest BCUT2D eigenvalue weighted by molar-refractivity contribution is -0.132. The van der Waals surface area contributed by atoms with E-state index in [2.05, 4.69) is 10.3 Å². The van der Waals surface area contributed by atoms with Gasteiger partial charge >= 0.3 is 0 Å². The number of likely N-dealkylation sites (tertiary alicyclic amines) is 1. The molecule has 3 heterocycles. The van der Waals surface area contributed by atoms with Crippen LogP contribution in [0.4, 0.5) is 0 Å². The molecule has 1 atom stereocenters. The summed E-state index contributed by atoms with van der Waals surface area (Å²) >= 11 is 0. The van der Waals surface area contributed by atoms with Crippen LogP contribution in [0.1, 0.15) is 47.8 Å². The monoisotopic (exact) mass is 380 g/mol. The largest absolute Gasteiger partial charge is 0.496 e. The number of methoxy groups -OCH3 is 1. The summed E-state index contributed by atoms with van der Waals surface area (Å²) in [5.74, 6) is 2.20. The molecule has 4 rings (SSSR count). The molecule has 1 saturated heterocycles. The second kappa shape index (κ2) is 8.69. The van der Waals surface area contributed by atoms with Crippen LogP contribution in [0.5, 0.6) is 5.75 Å². The highest BCUT2D eigenvalue weighted by molar-refractivity contribution is 5.76. The highest BCUT2D eigenvalue weighted by Gasteiger charge is 2.27. The first kappa shape index (κ1) is 18.9. The standard InChI is InChI=1S/C22H28N4O2/c1-28-20-7-3-2-5-16(20)8-9-21(27)26-12-4-6-17(15-26)22-24-14-18-13-23-11-10-19(18)25-22/h2-3,5,7,14,17,23H,4,6,8-13,15H2,1H3/t17-/m1/s1. The second-order valence-electron chi connectivity index (χ2n) is 7.62. The molecule has 1 aromatic carbocycles. The minimum atomic E-state index is 0.206. The first-order chi connectivity index (χ1) is 13.7. The first-order valence-electron chi connectivity index (χ1n) is 10.2. The average Bonchev–Trinajstić information content (AvgIpc) is 2.77. The number of benzene rings is 1. The van der Waals surface area contributed by atoms with Gasteiger partial charge in [-0.25, -0.2) is 9.97 Å². The number of fused-ring (bicyclic) bond motifs is 1. The van der Waals surface area contributed by atoms with Gasteiger partial charge in [0.1, 0.15) is 11.6 Å². The minimum Gasteiger partial charge on any atom is -0.496 e. The lowest BCUT2D eigenvalue weighted by Gasteiger charge is -2.32. The molecule has 6 heteroatoms. The van der Waals surface area contributed by atoms with Crippen molar-refractivity contribution in [3.05, 3.63) is 53.1 Å². The third kappa shape index (κ3) is 4.17. The molecule has 1 amide bonds. The maximum atomic E-state index is 12.8. The molecule has 0 spiro atoms. The van der Waals surface area contributed by atoms with E-state index in [-0.39, 0.29) is 11.8 Å². The number of hydrogen-bond donors (Lipinski definition) is 1. The van der Waals surface area contributed by atoms with Crippen LogP contribution in [-0.4, -0.2) is 47.5 Å². The van der Waals surface area contributed by atoms with Crippen LogP contribution < -0.4 is 10.1 Å². The van der Waals surface area contributed by atoms with E-state index in [0.29, 0.717) is 12.8 Å². The highest BCUT2D eigenvalue weighted by Crippen LogP contribution is 2.26. The zero-order valence-electron chi connectivity index (χ0n) is 16.5. The molecule has 28 heavy (non-hydrogen) atoms. The Kier molecular flexibility index (Phi) is 5.86. The van der Waals surface area contributed by atoms with Crippen molar-refractivity contribution in [3.63, 3.8) is 0 Å². The molecule has 0 saturated carbocycles. The van der Waals surface area contributed by atoms with Crippen molar-refractivity contribution in [1.29, 1.82) is 0 Å². The summed E-state index contributed by atoms with van der Waals surface area (Å²) < 4.78 is 5.40. The number of carbonyl (C=O) groups is 1. The summed E-state index contributed by atoms with van der Waals surface area (Å²) in [4.78, 5) is 24.3. The van der Waals surface area contributed by atoms with Gasteiger partial charge in [-0.1, -0.05) is 18.2 Å². The summed E-state index contributed by atoms with van der Waals surface area (Å²) in [7, 11) is 1.67. The van der Waals surface area contributed by atoms with Gasteiger partial charge < -0.3 is 15.0 Å². The first-order valence-corrected chi connectivity index (χ1v) is 10.2. The predicted molar refractivity (Wildman–Crippen MR) is 107 cm³/mol. The number of para-hydroxylation sites is 1. The van der Waals surface area contributed by atoms with E-state index in [0.717, 1.165) is 62.6 Å². The lowest BCUT2D eigenvalue weighted by Crippen LogP contribution is -2.39. The van der Waals surface area contributed by atoms with E-state index < -0.39 is 0 Å². The Bertz CT molecular complexity index is 839. The molecule has 2 aromatic rings. The van der Waals surface area contributed by atoms with Crippen LogP contribution in [0.15, 0.2) is 30.5 Å². The van der Waals surface area contributed by atoms with E-state index in [1.807, 2.05) is 35.4 Å². The average molecular weight is 380 g/mol. The van der Waals surface area contributed by atoms with E-state index in [4.69, 9.17) is 9.72 Å². The summed E-state index contributed by atoms with van der Waals surface area (Å²) in [5.41, 5.74) is 3.46. The third-order valence-corrected chi connectivity index (χ3v) is 5.77. The maximum Gasteiger partial charge on any atom is 0.222 e. The number of nitrogens with one attached hydrogen (secondary N) is 1. The molecule has 148 valence electrons. The Morgan fingerprint density at radius 2 is 2.25 bits per heavy atom. The number of aryl methyl sites for hydroxylation is 1. The highest BCUT2D eigenvalue weighted by atomic mass is 16.5. The molecule has 0 unspecified atom stereocenters. The van der Waals surface area contributed by atoms with Crippen molar-refractivity contribution in [3.8, 4) is 5.75 Å². The Balaban J connectivity index is 1.38. The fourth-order valence-corrected chi connectivity index (χ4v) is 4.17. The smallest absolute Gasteiger partial charge is 0.222 e. The Labute approximate surface area is 166 Å². The second-order valence-corrected chi connectivity index (χ2v) is 7.62. The minimum absolute atomic E-state index is 0.206. The number of piperidine rings is 1. The van der Waals surface area contributed by atoms with Crippen LogP contribution in [0.2, 0.25) is 0 Å². The zero-order valence-corrected chi connectivity index (χ0v) is 16.5. The van der Waals surface area contributed by atoms with Gasteiger partial charge in [0.2, 0.25) is 5.91 Å². The van der Waals surface area contributed by atoms with Crippen molar-refractivity contribution >= 4 is 5.91 Å². The quantitative estimate of drug-likeness (QED) is 0.863. The van der Waals surface area contributed by atoms with Crippen molar-refractivity contribution in [2.24, 2.45) is 0 Å². The van der Waals surface area contributed by atoms with Gasteiger partial charge in [-0.2, -0.15) is 0 Å². The van der Waals surface area contributed by atoms with Gasteiger partial charge in [0.25, 0.3) is 0 Å². The van der Waals surface area contributed by atoms with E-state index >= 15 is 0 Å².